The van der Waals surface area contributed by atoms with Crippen molar-refractivity contribution in [1.82, 2.24) is 10.2 Å². The second-order valence-corrected chi connectivity index (χ2v) is 4.23. The molecule has 5 heteroatoms. The van der Waals surface area contributed by atoms with Crippen LogP contribution in [-0.4, -0.2) is 50.1 Å². The molecule has 0 aliphatic rings. The van der Waals surface area contributed by atoms with E-state index in [9.17, 15) is 0 Å². The van der Waals surface area contributed by atoms with Crippen LogP contribution < -0.4 is 5.32 Å². The van der Waals surface area contributed by atoms with Crippen LogP contribution in [0.4, 0.5) is 0 Å². The summed E-state index contributed by atoms with van der Waals surface area (Å²) in [5.74, 6) is 2.13. The van der Waals surface area contributed by atoms with Crippen LogP contribution in [0.2, 0.25) is 0 Å². The van der Waals surface area contributed by atoms with Crippen LogP contribution in [0.15, 0.2) is 4.99 Å². The summed E-state index contributed by atoms with van der Waals surface area (Å²) in [7, 11) is 3.92. The first-order chi connectivity index (χ1) is 6.76. The monoisotopic (exact) mass is 345 g/mol. The number of aliphatic imine (C=N–C) groups is 1. The number of hydrogen-bond donors (Lipinski definition) is 1. The van der Waals surface area contributed by atoms with E-state index in [0.717, 1.165) is 24.8 Å². The van der Waals surface area contributed by atoms with Gasteiger partial charge in [0.05, 0.1) is 0 Å². The molecule has 1 N–H and O–H groups in total. The maximum absolute atomic E-state index is 4.23. The predicted molar refractivity (Wildman–Crippen MR) is 82.7 cm³/mol. The average molecular weight is 345 g/mol. The molecule has 0 fully saturated rings. The van der Waals surface area contributed by atoms with Gasteiger partial charge >= 0.3 is 0 Å². The van der Waals surface area contributed by atoms with Gasteiger partial charge in [-0.15, -0.1) is 24.0 Å². The quantitative estimate of drug-likeness (QED) is 0.346. The molecule has 92 valence electrons. The molecule has 15 heavy (non-hydrogen) atoms. The van der Waals surface area contributed by atoms with E-state index < -0.39 is 0 Å². The Labute approximate surface area is 115 Å². The van der Waals surface area contributed by atoms with Gasteiger partial charge in [0.15, 0.2) is 5.96 Å². The van der Waals surface area contributed by atoms with Crippen LogP contribution >= 0.6 is 35.7 Å². The topological polar surface area (TPSA) is 27.6 Å². The molecule has 0 spiro atoms. The summed E-state index contributed by atoms with van der Waals surface area (Å²) in [5.41, 5.74) is 0. The van der Waals surface area contributed by atoms with Crippen molar-refractivity contribution in [3.63, 3.8) is 0 Å². The van der Waals surface area contributed by atoms with Gasteiger partial charge in [0, 0.05) is 32.9 Å². The number of nitrogens with one attached hydrogen (secondary N) is 1. The predicted octanol–water partition coefficient (Wildman–Crippen LogP) is 2.27. The van der Waals surface area contributed by atoms with Crippen molar-refractivity contribution in [1.29, 1.82) is 0 Å². The summed E-state index contributed by atoms with van der Waals surface area (Å²) in [5, 5.41) is 3.33. The van der Waals surface area contributed by atoms with Crippen LogP contribution in [0.5, 0.6) is 0 Å². The van der Waals surface area contributed by atoms with E-state index in [1.54, 1.807) is 0 Å². The van der Waals surface area contributed by atoms with E-state index in [1.165, 1.54) is 12.8 Å². The Morgan fingerprint density at radius 2 is 2.13 bits per heavy atom. The summed E-state index contributed by atoms with van der Waals surface area (Å²) in [6, 6.07) is 0. The Kier molecular flexibility index (Phi) is 14.7. The molecule has 0 aromatic carbocycles. The van der Waals surface area contributed by atoms with Gasteiger partial charge in [-0.3, -0.25) is 4.99 Å². The minimum atomic E-state index is 0. The van der Waals surface area contributed by atoms with E-state index in [0.29, 0.717) is 0 Å². The Morgan fingerprint density at radius 1 is 1.47 bits per heavy atom. The molecule has 0 atom stereocenters. The fraction of sp³-hybridized carbons (Fsp3) is 0.900. The molecule has 0 rings (SSSR count). The van der Waals surface area contributed by atoms with Gasteiger partial charge in [0.25, 0.3) is 0 Å². The zero-order chi connectivity index (χ0) is 10.8. The number of thioether (sulfide) groups is 1. The molecule has 0 radical (unpaired) electrons. The number of hydrogen-bond acceptors (Lipinski definition) is 2. The Balaban J connectivity index is 0. The van der Waals surface area contributed by atoms with Crippen LogP contribution in [0.3, 0.4) is 0 Å². The fourth-order valence-electron chi connectivity index (χ4n) is 1.15. The number of unbranched alkanes of at least 4 members (excludes halogenated alkanes) is 1. The third-order valence-electron chi connectivity index (χ3n) is 2.01. The SMILES string of the molecule is CCCCN(C)C(=NC)NCCSC.I. The maximum Gasteiger partial charge on any atom is 0.193 e. The third-order valence-corrected chi connectivity index (χ3v) is 2.62. The van der Waals surface area contributed by atoms with Gasteiger partial charge < -0.3 is 10.2 Å². The normalized spacial score (nSPS) is 10.8. The second-order valence-electron chi connectivity index (χ2n) is 3.24. The number of halogens is 1. The van der Waals surface area contributed by atoms with Gasteiger partial charge in [-0.25, -0.2) is 0 Å². The molecule has 0 heterocycles. The highest BCUT2D eigenvalue weighted by atomic mass is 127. The van der Waals surface area contributed by atoms with Crippen molar-refractivity contribution in [2.24, 2.45) is 4.99 Å². The van der Waals surface area contributed by atoms with Crippen LogP contribution in [0, 0.1) is 0 Å². The van der Waals surface area contributed by atoms with E-state index in [1.807, 2.05) is 18.8 Å². The smallest absolute Gasteiger partial charge is 0.193 e. The number of rotatable bonds is 6. The lowest BCUT2D eigenvalue weighted by Gasteiger charge is -2.21. The molecule has 0 aliphatic heterocycles. The van der Waals surface area contributed by atoms with Crippen LogP contribution in [0.25, 0.3) is 0 Å². The summed E-state index contributed by atoms with van der Waals surface area (Å²) >= 11 is 1.85. The van der Waals surface area contributed by atoms with Gasteiger partial charge in [0.2, 0.25) is 0 Å². The number of nitrogens with zero attached hydrogens (tertiary/aromatic N) is 2. The maximum atomic E-state index is 4.23. The van der Waals surface area contributed by atoms with Gasteiger partial charge in [-0.1, -0.05) is 13.3 Å². The molecule has 0 saturated heterocycles. The number of guanidine groups is 1. The lowest BCUT2D eigenvalue weighted by molar-refractivity contribution is 0.467. The van der Waals surface area contributed by atoms with E-state index in [4.69, 9.17) is 0 Å². The van der Waals surface area contributed by atoms with E-state index >= 15 is 0 Å². The molecular weight excluding hydrogens is 321 g/mol. The molecule has 0 saturated carbocycles. The molecule has 0 bridgehead atoms. The summed E-state index contributed by atoms with van der Waals surface area (Å²) < 4.78 is 0. The summed E-state index contributed by atoms with van der Waals surface area (Å²) in [4.78, 5) is 6.42. The lowest BCUT2D eigenvalue weighted by Crippen LogP contribution is -2.40. The molecule has 0 aliphatic carbocycles. The zero-order valence-corrected chi connectivity index (χ0v) is 13.4. The zero-order valence-electron chi connectivity index (χ0n) is 10.2. The average Bonchev–Trinajstić information content (AvgIpc) is 2.21. The fourth-order valence-corrected chi connectivity index (χ4v) is 1.46. The van der Waals surface area contributed by atoms with Crippen molar-refractivity contribution in [2.45, 2.75) is 19.8 Å². The highest BCUT2D eigenvalue weighted by molar-refractivity contribution is 14.0. The summed E-state index contributed by atoms with van der Waals surface area (Å²) in [6.45, 7) is 4.28. The van der Waals surface area contributed by atoms with Crippen LogP contribution in [0.1, 0.15) is 19.8 Å². The first kappa shape index (κ1) is 17.7. The van der Waals surface area contributed by atoms with Crippen molar-refractivity contribution >= 4 is 41.7 Å². The molecule has 0 amide bonds. The highest BCUT2D eigenvalue weighted by Gasteiger charge is 2.02. The largest absolute Gasteiger partial charge is 0.355 e. The molecule has 3 nitrogen and oxygen atoms in total. The minimum Gasteiger partial charge on any atom is -0.355 e. The van der Waals surface area contributed by atoms with Gasteiger partial charge in [0.1, 0.15) is 0 Å². The minimum absolute atomic E-state index is 0. The molecule has 0 unspecified atom stereocenters. The third kappa shape index (κ3) is 9.29. The molecule has 0 aromatic heterocycles. The summed E-state index contributed by atoms with van der Waals surface area (Å²) in [6.07, 6.45) is 4.57. The van der Waals surface area contributed by atoms with Crippen molar-refractivity contribution < 1.29 is 0 Å². The van der Waals surface area contributed by atoms with Gasteiger partial charge in [-0.2, -0.15) is 11.8 Å². The van der Waals surface area contributed by atoms with E-state index in [-0.39, 0.29) is 24.0 Å². The van der Waals surface area contributed by atoms with Gasteiger partial charge in [-0.05, 0) is 12.7 Å². The molecular formula is C10H24IN3S. The Bertz CT molecular complexity index is 165. The highest BCUT2D eigenvalue weighted by Crippen LogP contribution is 1.93. The Hall–Kier alpha value is 0.350. The first-order valence-electron chi connectivity index (χ1n) is 5.17. The first-order valence-corrected chi connectivity index (χ1v) is 6.56. The van der Waals surface area contributed by atoms with Crippen molar-refractivity contribution in [2.75, 3.05) is 39.2 Å². The van der Waals surface area contributed by atoms with Crippen molar-refractivity contribution in [3.8, 4) is 0 Å². The molecule has 0 aromatic rings. The van der Waals surface area contributed by atoms with Crippen molar-refractivity contribution in [3.05, 3.63) is 0 Å². The van der Waals surface area contributed by atoms with Crippen LogP contribution in [-0.2, 0) is 0 Å². The second kappa shape index (κ2) is 12.4. The Morgan fingerprint density at radius 3 is 2.60 bits per heavy atom. The van der Waals surface area contributed by atoms with E-state index in [2.05, 4.69) is 35.4 Å². The standard InChI is InChI=1S/C10H23N3S.HI/c1-5-6-8-13(3)10(11-2)12-7-9-14-4;/h5-9H2,1-4H3,(H,11,12);1H. The lowest BCUT2D eigenvalue weighted by atomic mass is 10.3.